The number of nitrogen functional groups attached to an aromatic ring is 1. The normalized spacial score (nSPS) is 15.1. The number of hydrogen-bond donors (Lipinski definition) is 2. The minimum Gasteiger partial charge on any atom is -0.399 e. The summed E-state index contributed by atoms with van der Waals surface area (Å²) >= 11 is 0. The van der Waals surface area contributed by atoms with Crippen molar-refractivity contribution in [2.75, 3.05) is 34.9 Å². The number of rotatable bonds is 4. The predicted molar refractivity (Wildman–Crippen MR) is 131 cm³/mol. The van der Waals surface area contributed by atoms with Crippen LogP contribution in [0.3, 0.4) is 0 Å². The number of halogens is 1. The van der Waals surface area contributed by atoms with E-state index in [1.807, 2.05) is 60.3 Å². The van der Waals surface area contributed by atoms with E-state index in [0.29, 0.717) is 22.6 Å². The number of benzene rings is 3. The standard InChI is InChI=1S/C26H27FN4O/c1-17-5-4-6-19-15-21(29-26(32)18-7-11-22(12-8-18)30(2)3)10-14-24(19)31(17)25-13-9-20(28)16-23(25)27/h4,6-17H,5,28H2,1-3H3,(H,29,32). The van der Waals surface area contributed by atoms with Crippen molar-refractivity contribution in [1.29, 1.82) is 0 Å². The molecule has 1 heterocycles. The maximum absolute atomic E-state index is 14.8. The van der Waals surface area contributed by atoms with Crippen LogP contribution in [-0.2, 0) is 0 Å². The zero-order valence-corrected chi connectivity index (χ0v) is 18.5. The van der Waals surface area contributed by atoms with Crippen LogP contribution in [0.25, 0.3) is 6.08 Å². The summed E-state index contributed by atoms with van der Waals surface area (Å²) < 4.78 is 14.8. The third-order valence-electron chi connectivity index (χ3n) is 5.64. The second kappa shape index (κ2) is 8.75. The molecule has 164 valence electrons. The smallest absolute Gasteiger partial charge is 0.255 e. The Morgan fingerprint density at radius 1 is 1.06 bits per heavy atom. The van der Waals surface area contributed by atoms with Crippen LogP contribution in [0.1, 0.15) is 29.3 Å². The average Bonchev–Trinajstić information content (AvgIpc) is 2.92. The van der Waals surface area contributed by atoms with E-state index < -0.39 is 0 Å². The van der Waals surface area contributed by atoms with Gasteiger partial charge in [0.15, 0.2) is 0 Å². The first-order valence-corrected chi connectivity index (χ1v) is 10.6. The summed E-state index contributed by atoms with van der Waals surface area (Å²) in [5.41, 5.74) is 10.7. The van der Waals surface area contributed by atoms with Gasteiger partial charge in [-0.15, -0.1) is 0 Å². The highest BCUT2D eigenvalue weighted by Gasteiger charge is 2.23. The molecule has 6 heteroatoms. The van der Waals surface area contributed by atoms with Crippen LogP contribution in [-0.4, -0.2) is 26.0 Å². The molecule has 1 aliphatic rings. The molecule has 5 nitrogen and oxygen atoms in total. The number of carbonyl (C=O) groups is 1. The number of anilines is 5. The van der Waals surface area contributed by atoms with E-state index in [9.17, 15) is 9.18 Å². The van der Waals surface area contributed by atoms with Gasteiger partial charge in [0.05, 0.1) is 5.69 Å². The van der Waals surface area contributed by atoms with Crippen LogP contribution in [0.4, 0.5) is 32.8 Å². The van der Waals surface area contributed by atoms with Crippen molar-refractivity contribution < 1.29 is 9.18 Å². The molecule has 4 rings (SSSR count). The molecule has 1 atom stereocenters. The molecule has 1 unspecified atom stereocenters. The molecule has 3 aromatic rings. The second-order valence-electron chi connectivity index (χ2n) is 8.24. The summed E-state index contributed by atoms with van der Waals surface area (Å²) in [6.45, 7) is 2.06. The number of nitrogens with two attached hydrogens (primary N) is 1. The molecule has 0 bridgehead atoms. The molecule has 0 saturated heterocycles. The van der Waals surface area contributed by atoms with E-state index in [-0.39, 0.29) is 17.8 Å². The molecule has 0 aromatic heterocycles. The van der Waals surface area contributed by atoms with Gasteiger partial charge in [0.1, 0.15) is 5.82 Å². The molecule has 1 aliphatic heterocycles. The summed E-state index contributed by atoms with van der Waals surface area (Å²) in [6, 6.07) is 17.9. The summed E-state index contributed by atoms with van der Waals surface area (Å²) in [5.74, 6) is -0.536. The molecule has 32 heavy (non-hydrogen) atoms. The SMILES string of the molecule is CC1CC=Cc2cc(NC(=O)c3ccc(N(C)C)cc3)ccc2N1c1ccc(N)cc1F. The maximum Gasteiger partial charge on any atom is 0.255 e. The lowest BCUT2D eigenvalue weighted by Crippen LogP contribution is -2.28. The number of hydrogen-bond acceptors (Lipinski definition) is 4. The van der Waals surface area contributed by atoms with Gasteiger partial charge in [-0.25, -0.2) is 4.39 Å². The minimum absolute atomic E-state index is 0.0567. The van der Waals surface area contributed by atoms with E-state index in [4.69, 9.17) is 5.73 Å². The number of amides is 1. The Hall–Kier alpha value is -3.80. The summed E-state index contributed by atoms with van der Waals surface area (Å²) in [7, 11) is 3.91. The molecular formula is C26H27FN4O. The predicted octanol–water partition coefficient (Wildman–Crippen LogP) is 5.67. The Balaban J connectivity index is 1.63. The van der Waals surface area contributed by atoms with Gasteiger partial charge in [-0.2, -0.15) is 0 Å². The van der Waals surface area contributed by atoms with Crippen LogP contribution in [0.15, 0.2) is 66.7 Å². The lowest BCUT2D eigenvalue weighted by atomic mass is 10.1. The van der Waals surface area contributed by atoms with Gasteiger partial charge in [0.2, 0.25) is 0 Å². The van der Waals surface area contributed by atoms with E-state index in [1.165, 1.54) is 6.07 Å². The van der Waals surface area contributed by atoms with Crippen LogP contribution in [0.2, 0.25) is 0 Å². The molecular weight excluding hydrogens is 403 g/mol. The third kappa shape index (κ3) is 4.30. The highest BCUT2D eigenvalue weighted by molar-refractivity contribution is 6.04. The quantitative estimate of drug-likeness (QED) is 0.524. The zero-order chi connectivity index (χ0) is 22.8. The van der Waals surface area contributed by atoms with Crippen molar-refractivity contribution in [3.05, 3.63) is 83.7 Å². The third-order valence-corrected chi connectivity index (χ3v) is 5.64. The first-order valence-electron chi connectivity index (χ1n) is 10.6. The largest absolute Gasteiger partial charge is 0.399 e. The lowest BCUT2D eigenvalue weighted by molar-refractivity contribution is 0.102. The molecule has 0 saturated carbocycles. The van der Waals surface area contributed by atoms with E-state index in [2.05, 4.69) is 18.3 Å². The summed E-state index contributed by atoms with van der Waals surface area (Å²) in [4.78, 5) is 16.7. The van der Waals surface area contributed by atoms with Gasteiger partial charge < -0.3 is 20.9 Å². The maximum atomic E-state index is 14.8. The number of nitrogens with one attached hydrogen (secondary N) is 1. The monoisotopic (exact) mass is 430 g/mol. The van der Waals surface area contributed by atoms with Gasteiger partial charge in [-0.1, -0.05) is 12.2 Å². The molecule has 0 fully saturated rings. The van der Waals surface area contributed by atoms with Crippen LogP contribution < -0.4 is 20.9 Å². The van der Waals surface area contributed by atoms with Crippen LogP contribution >= 0.6 is 0 Å². The topological polar surface area (TPSA) is 61.6 Å². The number of fused-ring (bicyclic) bond motifs is 1. The lowest BCUT2D eigenvalue weighted by Gasteiger charge is -2.31. The average molecular weight is 431 g/mol. The van der Waals surface area contributed by atoms with Crippen molar-refractivity contribution in [2.24, 2.45) is 0 Å². The van der Waals surface area contributed by atoms with Crippen molar-refractivity contribution in [2.45, 2.75) is 19.4 Å². The van der Waals surface area contributed by atoms with Gasteiger partial charge in [0, 0.05) is 48.5 Å². The number of nitrogens with zero attached hydrogens (tertiary/aromatic N) is 2. The first-order chi connectivity index (χ1) is 15.3. The summed E-state index contributed by atoms with van der Waals surface area (Å²) in [6.07, 6.45) is 4.85. The van der Waals surface area contributed by atoms with Crippen molar-refractivity contribution in [1.82, 2.24) is 0 Å². The fraction of sp³-hybridized carbons (Fsp3) is 0.192. The van der Waals surface area contributed by atoms with Crippen LogP contribution in [0.5, 0.6) is 0 Å². The van der Waals surface area contributed by atoms with E-state index in [0.717, 1.165) is 23.4 Å². The molecule has 0 aliphatic carbocycles. The molecule has 3 N–H and O–H groups in total. The summed E-state index contributed by atoms with van der Waals surface area (Å²) in [5, 5.41) is 2.97. The van der Waals surface area contributed by atoms with E-state index >= 15 is 0 Å². The number of carbonyl (C=O) groups excluding carboxylic acids is 1. The fourth-order valence-electron chi connectivity index (χ4n) is 3.92. The van der Waals surface area contributed by atoms with E-state index in [1.54, 1.807) is 24.3 Å². The Labute approximate surface area is 188 Å². The van der Waals surface area contributed by atoms with Gasteiger partial charge >= 0.3 is 0 Å². The molecule has 0 radical (unpaired) electrons. The minimum atomic E-state index is -0.358. The Kier molecular flexibility index (Phi) is 5.86. The van der Waals surface area contributed by atoms with Gasteiger partial charge in [0.25, 0.3) is 5.91 Å². The highest BCUT2D eigenvalue weighted by atomic mass is 19.1. The van der Waals surface area contributed by atoms with Crippen molar-refractivity contribution in [3.63, 3.8) is 0 Å². The molecule has 1 amide bonds. The Morgan fingerprint density at radius 3 is 2.47 bits per heavy atom. The highest BCUT2D eigenvalue weighted by Crippen LogP contribution is 2.38. The van der Waals surface area contributed by atoms with Gasteiger partial charge in [-0.3, -0.25) is 4.79 Å². The fourth-order valence-corrected chi connectivity index (χ4v) is 3.92. The molecule has 3 aromatic carbocycles. The second-order valence-corrected chi connectivity index (χ2v) is 8.24. The van der Waals surface area contributed by atoms with Gasteiger partial charge in [-0.05, 0) is 79.6 Å². The first kappa shape index (κ1) is 21.4. The molecule has 0 spiro atoms. The van der Waals surface area contributed by atoms with Crippen molar-refractivity contribution in [3.8, 4) is 0 Å². The Morgan fingerprint density at radius 2 is 1.78 bits per heavy atom. The zero-order valence-electron chi connectivity index (χ0n) is 18.5. The Bertz CT molecular complexity index is 1170. The van der Waals surface area contributed by atoms with Crippen molar-refractivity contribution >= 4 is 40.4 Å². The van der Waals surface area contributed by atoms with Crippen LogP contribution in [0, 0.1) is 5.82 Å².